The van der Waals surface area contributed by atoms with Gasteiger partial charge in [-0.2, -0.15) is 0 Å². The fraction of sp³-hybridized carbons (Fsp3) is 0.233. The summed E-state index contributed by atoms with van der Waals surface area (Å²) in [5.41, 5.74) is 4.87. The molecule has 6 heteroatoms. The Morgan fingerprint density at radius 1 is 0.944 bits per heavy atom. The molecule has 5 nitrogen and oxygen atoms in total. The van der Waals surface area contributed by atoms with Crippen molar-refractivity contribution < 1.29 is 5.11 Å². The van der Waals surface area contributed by atoms with Crippen molar-refractivity contribution in [3.05, 3.63) is 89.6 Å². The van der Waals surface area contributed by atoms with Gasteiger partial charge in [-0.05, 0) is 84.2 Å². The molecule has 4 aromatic rings. The predicted octanol–water partition coefficient (Wildman–Crippen LogP) is 7.03. The van der Waals surface area contributed by atoms with E-state index in [9.17, 15) is 5.11 Å². The van der Waals surface area contributed by atoms with E-state index in [0.29, 0.717) is 6.04 Å². The lowest BCUT2D eigenvalue weighted by atomic mass is 9.93. The van der Waals surface area contributed by atoms with Crippen LogP contribution in [0, 0.1) is 0 Å². The average Bonchev–Trinajstić information content (AvgIpc) is 3.14. The van der Waals surface area contributed by atoms with E-state index in [1.165, 1.54) is 32.5 Å². The molecule has 182 valence electrons. The number of aliphatic hydroxyl groups excluding tert-OH is 1. The van der Waals surface area contributed by atoms with Crippen LogP contribution in [0.4, 0.5) is 11.6 Å². The van der Waals surface area contributed by atoms with Gasteiger partial charge >= 0.3 is 0 Å². The first-order valence-electron chi connectivity index (χ1n) is 12.6. The van der Waals surface area contributed by atoms with E-state index in [4.69, 9.17) is 4.98 Å². The minimum atomic E-state index is -0.152. The largest absolute Gasteiger partial charge is 0.393 e. The Hall–Kier alpha value is -3.48. The van der Waals surface area contributed by atoms with Gasteiger partial charge in [0.25, 0.3) is 0 Å². The number of benzene rings is 2. The Kier molecular flexibility index (Phi) is 6.30. The third-order valence-corrected chi connectivity index (χ3v) is 8.06. The zero-order valence-electron chi connectivity index (χ0n) is 20.3. The molecule has 2 aromatic carbocycles. The minimum Gasteiger partial charge on any atom is -0.393 e. The summed E-state index contributed by atoms with van der Waals surface area (Å²) in [6.07, 6.45) is 12.0. The van der Waals surface area contributed by atoms with Crippen LogP contribution >= 0.6 is 11.8 Å². The van der Waals surface area contributed by atoms with Crippen LogP contribution in [0.3, 0.4) is 0 Å². The van der Waals surface area contributed by atoms with E-state index in [2.05, 4.69) is 89.1 Å². The molecule has 1 aliphatic carbocycles. The SMILES string of the molecule is Cn1ccc2ccc(-c3ccc4c(c3)SC(Nc3cccc(NC5CCC(O)CC5)n3)=CC=C4)cc21. The maximum absolute atomic E-state index is 9.77. The average molecular weight is 495 g/mol. The van der Waals surface area contributed by atoms with Crippen molar-refractivity contribution in [2.75, 3.05) is 10.6 Å². The fourth-order valence-corrected chi connectivity index (χ4v) is 5.96. The molecular weight excluding hydrogens is 464 g/mol. The number of fused-ring (bicyclic) bond motifs is 2. The summed E-state index contributed by atoms with van der Waals surface area (Å²) in [6, 6.07) is 21.9. The lowest BCUT2D eigenvalue weighted by Gasteiger charge is -2.26. The van der Waals surface area contributed by atoms with Crippen molar-refractivity contribution in [1.29, 1.82) is 0 Å². The van der Waals surface area contributed by atoms with Crippen molar-refractivity contribution in [2.45, 2.75) is 42.7 Å². The summed E-state index contributed by atoms with van der Waals surface area (Å²) in [7, 11) is 2.09. The third-order valence-electron chi connectivity index (χ3n) is 7.03. The number of allylic oxidation sites excluding steroid dienone is 2. The molecule has 1 aliphatic heterocycles. The maximum atomic E-state index is 9.77. The Labute approximate surface area is 216 Å². The summed E-state index contributed by atoms with van der Waals surface area (Å²) in [6.45, 7) is 0. The van der Waals surface area contributed by atoms with Crippen molar-refractivity contribution in [3.8, 4) is 11.1 Å². The highest BCUT2D eigenvalue weighted by molar-refractivity contribution is 8.03. The van der Waals surface area contributed by atoms with Gasteiger partial charge in [-0.15, -0.1) is 0 Å². The third kappa shape index (κ3) is 4.92. The zero-order chi connectivity index (χ0) is 24.5. The molecule has 0 spiro atoms. The van der Waals surface area contributed by atoms with Crippen LogP contribution in [-0.2, 0) is 7.05 Å². The molecule has 0 atom stereocenters. The Morgan fingerprint density at radius 3 is 2.64 bits per heavy atom. The van der Waals surface area contributed by atoms with E-state index in [-0.39, 0.29) is 6.10 Å². The highest BCUT2D eigenvalue weighted by Gasteiger charge is 2.19. The molecule has 2 aromatic heterocycles. The van der Waals surface area contributed by atoms with Crippen LogP contribution in [0.2, 0.25) is 0 Å². The van der Waals surface area contributed by atoms with Gasteiger partial charge in [0.1, 0.15) is 11.6 Å². The number of pyridine rings is 1. The van der Waals surface area contributed by atoms with Crippen LogP contribution in [0.5, 0.6) is 0 Å². The second-order valence-electron chi connectivity index (χ2n) is 9.63. The van der Waals surface area contributed by atoms with Gasteiger partial charge in [-0.3, -0.25) is 0 Å². The van der Waals surface area contributed by atoms with Gasteiger partial charge in [0.15, 0.2) is 0 Å². The van der Waals surface area contributed by atoms with Crippen LogP contribution in [-0.4, -0.2) is 26.8 Å². The van der Waals surface area contributed by atoms with Crippen LogP contribution in [0.1, 0.15) is 31.2 Å². The summed E-state index contributed by atoms with van der Waals surface area (Å²) in [4.78, 5) is 6.01. The molecular formula is C30H30N4OS. The van der Waals surface area contributed by atoms with Crippen LogP contribution < -0.4 is 10.6 Å². The maximum Gasteiger partial charge on any atom is 0.133 e. The van der Waals surface area contributed by atoms with Gasteiger partial charge in [0.05, 0.1) is 11.1 Å². The second kappa shape index (κ2) is 9.88. The number of anilines is 2. The molecule has 1 fully saturated rings. The van der Waals surface area contributed by atoms with Crippen molar-refractivity contribution in [3.63, 3.8) is 0 Å². The number of aryl methyl sites for hydroxylation is 1. The van der Waals surface area contributed by atoms with E-state index < -0.39 is 0 Å². The Morgan fingerprint density at radius 2 is 1.75 bits per heavy atom. The summed E-state index contributed by atoms with van der Waals surface area (Å²) < 4.78 is 2.16. The van der Waals surface area contributed by atoms with Crippen molar-refractivity contribution in [2.24, 2.45) is 7.05 Å². The molecule has 3 heterocycles. The lowest BCUT2D eigenvalue weighted by Crippen LogP contribution is -2.28. The number of hydrogen-bond donors (Lipinski definition) is 3. The Bertz CT molecular complexity index is 1460. The van der Waals surface area contributed by atoms with E-state index >= 15 is 0 Å². The number of thioether (sulfide) groups is 1. The second-order valence-corrected chi connectivity index (χ2v) is 10.7. The lowest BCUT2D eigenvalue weighted by molar-refractivity contribution is 0.126. The number of hydrogen-bond acceptors (Lipinski definition) is 5. The molecule has 0 unspecified atom stereocenters. The Balaban J connectivity index is 1.19. The molecule has 1 saturated carbocycles. The van der Waals surface area contributed by atoms with E-state index in [1.807, 2.05) is 18.2 Å². The summed E-state index contributed by atoms with van der Waals surface area (Å²) in [5, 5.41) is 19.1. The monoisotopic (exact) mass is 494 g/mol. The first-order chi connectivity index (χ1) is 17.6. The minimum absolute atomic E-state index is 0.152. The summed E-state index contributed by atoms with van der Waals surface area (Å²) >= 11 is 1.73. The molecule has 0 bridgehead atoms. The highest BCUT2D eigenvalue weighted by atomic mass is 32.2. The standard InChI is InChI=1S/C30H30N4OS/c1-34-17-16-20-8-10-22(18-26(20)34)23-11-9-21-4-2-7-30(36-27(21)19-23)33-29-6-3-5-28(32-29)31-24-12-14-25(35)15-13-24/h2-11,16-19,24-25,35H,12-15H2,1H3,(H2,31,32,33). The number of nitrogens with one attached hydrogen (secondary N) is 2. The molecule has 36 heavy (non-hydrogen) atoms. The first-order valence-corrected chi connectivity index (χ1v) is 13.4. The zero-order valence-corrected chi connectivity index (χ0v) is 21.1. The molecule has 6 rings (SSSR count). The smallest absolute Gasteiger partial charge is 0.133 e. The summed E-state index contributed by atoms with van der Waals surface area (Å²) in [5.74, 6) is 1.69. The topological polar surface area (TPSA) is 62.1 Å². The first kappa shape index (κ1) is 23.0. The fourth-order valence-electron chi connectivity index (χ4n) is 4.98. The number of aromatic nitrogens is 2. The predicted molar refractivity (Wildman–Crippen MR) is 151 cm³/mol. The molecule has 0 saturated heterocycles. The van der Waals surface area contributed by atoms with Gasteiger partial charge in [-0.1, -0.05) is 54.2 Å². The van der Waals surface area contributed by atoms with E-state index in [1.54, 1.807) is 11.8 Å². The number of rotatable bonds is 5. The van der Waals surface area contributed by atoms with Crippen molar-refractivity contribution >= 4 is 40.4 Å². The van der Waals surface area contributed by atoms with Gasteiger partial charge < -0.3 is 20.3 Å². The molecule has 3 N–H and O–H groups in total. The normalized spacial score (nSPS) is 19.4. The number of nitrogens with zero attached hydrogens (tertiary/aromatic N) is 2. The van der Waals surface area contributed by atoms with Gasteiger partial charge in [0.2, 0.25) is 0 Å². The quantitative estimate of drug-likeness (QED) is 0.278. The van der Waals surface area contributed by atoms with Crippen LogP contribution in [0.15, 0.2) is 88.9 Å². The molecule has 2 aliphatic rings. The van der Waals surface area contributed by atoms with Gasteiger partial charge in [0, 0.05) is 29.7 Å². The highest BCUT2D eigenvalue weighted by Crippen LogP contribution is 2.37. The molecule has 0 radical (unpaired) electrons. The molecule has 0 amide bonds. The van der Waals surface area contributed by atoms with E-state index in [0.717, 1.165) is 42.3 Å². The van der Waals surface area contributed by atoms with Crippen LogP contribution in [0.25, 0.3) is 28.1 Å². The van der Waals surface area contributed by atoms with Gasteiger partial charge in [-0.25, -0.2) is 4.98 Å². The number of aliphatic hydroxyl groups is 1. The van der Waals surface area contributed by atoms with Crippen molar-refractivity contribution in [1.82, 2.24) is 9.55 Å².